The predicted octanol–water partition coefficient (Wildman–Crippen LogP) is 3.42. The first-order chi connectivity index (χ1) is 10.6. The summed E-state index contributed by atoms with van der Waals surface area (Å²) in [6, 6.07) is 9.78. The number of carbonyl (C=O) groups is 1. The van der Waals surface area contributed by atoms with Crippen molar-refractivity contribution < 1.29 is 9.21 Å². The number of benzene rings is 1. The van der Waals surface area contributed by atoms with E-state index in [1.807, 2.05) is 24.3 Å². The van der Waals surface area contributed by atoms with Crippen LogP contribution in [0.4, 0.5) is 0 Å². The Labute approximate surface area is 135 Å². The van der Waals surface area contributed by atoms with Crippen molar-refractivity contribution in [2.75, 3.05) is 13.6 Å². The first-order valence-electron chi connectivity index (χ1n) is 7.37. The van der Waals surface area contributed by atoms with E-state index in [-0.39, 0.29) is 18.0 Å². The summed E-state index contributed by atoms with van der Waals surface area (Å²) < 4.78 is 5.21. The van der Waals surface area contributed by atoms with Crippen molar-refractivity contribution in [3.63, 3.8) is 0 Å². The van der Waals surface area contributed by atoms with E-state index in [4.69, 9.17) is 16.0 Å². The van der Waals surface area contributed by atoms with Crippen LogP contribution >= 0.6 is 11.6 Å². The Morgan fingerprint density at radius 1 is 1.32 bits per heavy atom. The van der Waals surface area contributed by atoms with E-state index in [1.165, 1.54) is 5.56 Å². The molecule has 0 bridgehead atoms. The van der Waals surface area contributed by atoms with E-state index in [0.717, 1.165) is 18.0 Å². The highest BCUT2D eigenvalue weighted by atomic mass is 35.5. The lowest BCUT2D eigenvalue weighted by Gasteiger charge is -2.26. The standard InChI is InChI=1S/C17H19ClN2O2/c1-11-14(8-10-22-11)17(21)19-15-7-9-20(2)16(15)12-3-5-13(18)6-4-12/h3-6,8,10,15-16H,7,9H2,1-2H3,(H,19,21)/t15-,16+/m0/s1. The summed E-state index contributed by atoms with van der Waals surface area (Å²) in [5.74, 6) is 0.567. The van der Waals surface area contributed by atoms with E-state index >= 15 is 0 Å². The summed E-state index contributed by atoms with van der Waals surface area (Å²) in [5, 5.41) is 3.86. The molecule has 1 fully saturated rings. The number of hydrogen-bond acceptors (Lipinski definition) is 3. The lowest BCUT2D eigenvalue weighted by Crippen LogP contribution is -2.39. The molecule has 4 nitrogen and oxygen atoms in total. The smallest absolute Gasteiger partial charge is 0.255 e. The Bertz CT molecular complexity index is 666. The first-order valence-corrected chi connectivity index (χ1v) is 7.74. The molecule has 1 amide bonds. The average Bonchev–Trinajstić information content (AvgIpc) is 3.07. The molecule has 0 radical (unpaired) electrons. The summed E-state index contributed by atoms with van der Waals surface area (Å²) >= 11 is 5.97. The lowest BCUT2D eigenvalue weighted by atomic mass is 10.00. The fraction of sp³-hybridized carbons (Fsp3) is 0.353. The number of amides is 1. The fourth-order valence-electron chi connectivity index (χ4n) is 3.11. The molecular weight excluding hydrogens is 300 g/mol. The molecule has 3 rings (SSSR count). The number of likely N-dealkylation sites (tertiary alicyclic amines) is 1. The van der Waals surface area contributed by atoms with E-state index in [0.29, 0.717) is 11.3 Å². The third-order valence-corrected chi connectivity index (χ3v) is 4.53. The van der Waals surface area contributed by atoms with Gasteiger partial charge in [0.1, 0.15) is 5.76 Å². The highest BCUT2D eigenvalue weighted by molar-refractivity contribution is 6.30. The summed E-state index contributed by atoms with van der Waals surface area (Å²) in [7, 11) is 2.08. The second-order valence-electron chi connectivity index (χ2n) is 5.74. The molecule has 22 heavy (non-hydrogen) atoms. The number of halogens is 1. The number of hydrogen-bond donors (Lipinski definition) is 1. The van der Waals surface area contributed by atoms with Gasteiger partial charge < -0.3 is 9.73 Å². The van der Waals surface area contributed by atoms with Crippen molar-refractivity contribution in [1.82, 2.24) is 10.2 Å². The number of carbonyl (C=O) groups excluding carboxylic acids is 1. The van der Waals surface area contributed by atoms with Crippen LogP contribution in [0.1, 0.15) is 34.1 Å². The van der Waals surface area contributed by atoms with E-state index < -0.39 is 0 Å². The summed E-state index contributed by atoms with van der Waals surface area (Å²) in [6.07, 6.45) is 2.47. The maximum Gasteiger partial charge on any atom is 0.255 e. The summed E-state index contributed by atoms with van der Waals surface area (Å²) in [5.41, 5.74) is 1.77. The van der Waals surface area contributed by atoms with Gasteiger partial charge in [0.15, 0.2) is 0 Å². The van der Waals surface area contributed by atoms with Crippen molar-refractivity contribution in [1.29, 1.82) is 0 Å². The predicted molar refractivity (Wildman–Crippen MR) is 86.1 cm³/mol. The van der Waals surface area contributed by atoms with Crippen LogP contribution in [0.15, 0.2) is 41.0 Å². The Kier molecular flexibility index (Phi) is 4.23. The molecule has 116 valence electrons. The number of aryl methyl sites for hydroxylation is 1. The molecule has 0 spiro atoms. The van der Waals surface area contributed by atoms with Crippen LogP contribution < -0.4 is 5.32 Å². The van der Waals surface area contributed by atoms with Crippen LogP contribution in [0.25, 0.3) is 0 Å². The quantitative estimate of drug-likeness (QED) is 0.943. The van der Waals surface area contributed by atoms with Crippen molar-refractivity contribution in [2.24, 2.45) is 0 Å². The van der Waals surface area contributed by atoms with Crippen molar-refractivity contribution in [3.05, 3.63) is 58.5 Å². The minimum atomic E-state index is -0.0782. The Hall–Kier alpha value is -1.78. The molecule has 2 aromatic rings. The van der Waals surface area contributed by atoms with E-state index in [1.54, 1.807) is 19.3 Å². The van der Waals surface area contributed by atoms with Gasteiger partial charge in [-0.3, -0.25) is 9.69 Å². The topological polar surface area (TPSA) is 45.5 Å². The first kappa shape index (κ1) is 15.1. The zero-order chi connectivity index (χ0) is 15.7. The van der Waals surface area contributed by atoms with Gasteiger partial charge in [0.05, 0.1) is 23.9 Å². The Morgan fingerprint density at radius 2 is 2.05 bits per heavy atom. The van der Waals surface area contributed by atoms with Gasteiger partial charge in [0.25, 0.3) is 5.91 Å². The third-order valence-electron chi connectivity index (χ3n) is 4.28. The van der Waals surface area contributed by atoms with Gasteiger partial charge >= 0.3 is 0 Å². The maximum atomic E-state index is 12.4. The van der Waals surface area contributed by atoms with Gasteiger partial charge in [-0.05, 0) is 44.2 Å². The minimum Gasteiger partial charge on any atom is -0.469 e. The molecule has 2 atom stereocenters. The number of nitrogens with one attached hydrogen (secondary N) is 1. The largest absolute Gasteiger partial charge is 0.469 e. The van der Waals surface area contributed by atoms with E-state index in [9.17, 15) is 4.79 Å². The summed E-state index contributed by atoms with van der Waals surface area (Å²) in [4.78, 5) is 14.7. The van der Waals surface area contributed by atoms with Gasteiger partial charge in [-0.15, -0.1) is 0 Å². The maximum absolute atomic E-state index is 12.4. The van der Waals surface area contributed by atoms with Crippen LogP contribution in [0.2, 0.25) is 5.02 Å². The second-order valence-corrected chi connectivity index (χ2v) is 6.17. The molecule has 1 aliphatic heterocycles. The van der Waals surface area contributed by atoms with Crippen molar-refractivity contribution >= 4 is 17.5 Å². The SMILES string of the molecule is Cc1occc1C(=O)N[C@H]1CCN(C)[C@@H]1c1ccc(Cl)cc1. The molecule has 1 aliphatic rings. The number of nitrogens with zero attached hydrogens (tertiary/aromatic N) is 1. The van der Waals surface area contributed by atoms with Crippen LogP contribution in [-0.4, -0.2) is 30.4 Å². The molecule has 0 aliphatic carbocycles. The Balaban J connectivity index is 1.79. The van der Waals surface area contributed by atoms with Gasteiger partial charge in [-0.25, -0.2) is 0 Å². The number of rotatable bonds is 3. The molecule has 1 saturated heterocycles. The summed E-state index contributed by atoms with van der Waals surface area (Å²) in [6.45, 7) is 2.75. The molecule has 2 heterocycles. The van der Waals surface area contributed by atoms with Crippen LogP contribution in [0, 0.1) is 6.92 Å². The molecule has 1 aromatic heterocycles. The third kappa shape index (κ3) is 2.89. The van der Waals surface area contributed by atoms with Crippen molar-refractivity contribution in [3.8, 4) is 0 Å². The van der Waals surface area contributed by atoms with E-state index in [2.05, 4.69) is 17.3 Å². The van der Waals surface area contributed by atoms with Gasteiger partial charge in [0.2, 0.25) is 0 Å². The van der Waals surface area contributed by atoms with Crippen LogP contribution in [0.5, 0.6) is 0 Å². The molecule has 5 heteroatoms. The molecule has 0 unspecified atom stereocenters. The van der Waals surface area contributed by atoms with Crippen LogP contribution in [-0.2, 0) is 0 Å². The monoisotopic (exact) mass is 318 g/mol. The van der Waals surface area contributed by atoms with Gasteiger partial charge in [0, 0.05) is 11.6 Å². The number of furan rings is 1. The molecule has 1 N–H and O–H groups in total. The van der Waals surface area contributed by atoms with Crippen LogP contribution in [0.3, 0.4) is 0 Å². The molecule has 1 aromatic carbocycles. The average molecular weight is 319 g/mol. The molecule has 0 saturated carbocycles. The highest BCUT2D eigenvalue weighted by Gasteiger charge is 2.34. The second kappa shape index (κ2) is 6.15. The fourth-order valence-corrected chi connectivity index (χ4v) is 3.24. The Morgan fingerprint density at radius 3 is 2.68 bits per heavy atom. The van der Waals surface area contributed by atoms with Gasteiger partial charge in [-0.2, -0.15) is 0 Å². The highest BCUT2D eigenvalue weighted by Crippen LogP contribution is 2.31. The lowest BCUT2D eigenvalue weighted by molar-refractivity contribution is 0.0926. The molecular formula is C17H19ClN2O2. The normalized spacial score (nSPS) is 22.0. The number of likely N-dealkylation sites (N-methyl/N-ethyl adjacent to an activating group) is 1. The van der Waals surface area contributed by atoms with Crippen molar-refractivity contribution in [2.45, 2.75) is 25.4 Å². The van der Waals surface area contributed by atoms with Gasteiger partial charge in [-0.1, -0.05) is 23.7 Å². The minimum absolute atomic E-state index is 0.0768. The zero-order valence-electron chi connectivity index (χ0n) is 12.7. The zero-order valence-corrected chi connectivity index (χ0v) is 13.4.